The van der Waals surface area contributed by atoms with Crippen LogP contribution in [0.3, 0.4) is 0 Å². The first-order valence-electron chi connectivity index (χ1n) is 8.55. The van der Waals surface area contributed by atoms with E-state index >= 15 is 0 Å². The van der Waals surface area contributed by atoms with Gasteiger partial charge in [-0.25, -0.2) is 9.97 Å². The molecule has 7 heteroatoms. The number of carbonyl (C=O) groups is 1. The number of hydrogen-bond donors (Lipinski definition) is 1. The number of anilines is 1. The molecule has 1 N–H and O–H groups in total. The van der Waals surface area contributed by atoms with Crippen LogP contribution in [0.4, 0.5) is 5.13 Å². The van der Waals surface area contributed by atoms with Gasteiger partial charge in [-0.3, -0.25) is 4.79 Å². The Bertz CT molecular complexity index is 950. The minimum Gasteiger partial charge on any atom is -0.302 e. The molecular formula is C19H18ClN3OS2. The molecule has 2 heterocycles. The van der Waals surface area contributed by atoms with Crippen molar-refractivity contribution >= 4 is 45.3 Å². The highest BCUT2D eigenvalue weighted by atomic mass is 35.5. The average molecular weight is 404 g/mol. The molecule has 1 aromatic carbocycles. The van der Waals surface area contributed by atoms with Crippen LogP contribution >= 0.6 is 34.3 Å². The molecule has 4 rings (SSSR count). The van der Waals surface area contributed by atoms with Gasteiger partial charge in [-0.2, -0.15) is 0 Å². The van der Waals surface area contributed by atoms with Gasteiger partial charge in [0.1, 0.15) is 5.01 Å². The van der Waals surface area contributed by atoms with Gasteiger partial charge in [0, 0.05) is 20.8 Å². The molecule has 1 aliphatic rings. The van der Waals surface area contributed by atoms with E-state index in [2.05, 4.69) is 22.2 Å². The van der Waals surface area contributed by atoms with Gasteiger partial charge in [0.2, 0.25) is 5.91 Å². The van der Waals surface area contributed by atoms with E-state index in [0.717, 1.165) is 34.8 Å². The van der Waals surface area contributed by atoms with Crippen molar-refractivity contribution in [1.82, 2.24) is 9.97 Å². The van der Waals surface area contributed by atoms with Gasteiger partial charge in [0.25, 0.3) is 0 Å². The van der Waals surface area contributed by atoms with Crippen LogP contribution in [0.2, 0.25) is 5.02 Å². The zero-order valence-electron chi connectivity index (χ0n) is 14.3. The predicted octanol–water partition coefficient (Wildman–Crippen LogP) is 5.23. The third-order valence-corrected chi connectivity index (χ3v) is 6.61. The number of thiazole rings is 2. The zero-order chi connectivity index (χ0) is 18.1. The molecule has 1 amide bonds. The van der Waals surface area contributed by atoms with Gasteiger partial charge >= 0.3 is 0 Å². The first-order valence-corrected chi connectivity index (χ1v) is 10.6. The first kappa shape index (κ1) is 17.6. The number of rotatable bonds is 4. The molecule has 0 saturated heterocycles. The second kappa shape index (κ2) is 7.47. The molecule has 0 radical (unpaired) electrons. The van der Waals surface area contributed by atoms with Gasteiger partial charge in [-0.1, -0.05) is 30.7 Å². The number of carbonyl (C=O) groups excluding carboxylic acids is 1. The molecule has 4 nitrogen and oxygen atoms in total. The lowest BCUT2D eigenvalue weighted by molar-refractivity contribution is -0.115. The van der Waals surface area contributed by atoms with E-state index in [4.69, 9.17) is 11.6 Å². The fourth-order valence-electron chi connectivity index (χ4n) is 3.06. The SMILES string of the molecule is CC1CCc2nc(NC(=O)Cc3csc(-c4cccc(Cl)c4)n3)sc2C1. The van der Waals surface area contributed by atoms with Gasteiger partial charge in [-0.05, 0) is 37.3 Å². The number of hydrogen-bond acceptors (Lipinski definition) is 5. The summed E-state index contributed by atoms with van der Waals surface area (Å²) in [4.78, 5) is 22.8. The van der Waals surface area contributed by atoms with Crippen molar-refractivity contribution in [3.8, 4) is 10.6 Å². The molecule has 134 valence electrons. The normalized spacial score (nSPS) is 16.3. The summed E-state index contributed by atoms with van der Waals surface area (Å²) in [6.45, 7) is 2.26. The van der Waals surface area contributed by atoms with Crippen molar-refractivity contribution in [3.05, 3.63) is 50.9 Å². The van der Waals surface area contributed by atoms with E-state index in [1.807, 2.05) is 29.6 Å². The number of amides is 1. The van der Waals surface area contributed by atoms with Crippen molar-refractivity contribution in [1.29, 1.82) is 0 Å². The summed E-state index contributed by atoms with van der Waals surface area (Å²) in [6.07, 6.45) is 3.50. The lowest BCUT2D eigenvalue weighted by atomic mass is 9.93. The molecule has 1 aliphatic carbocycles. The van der Waals surface area contributed by atoms with Crippen LogP contribution in [0, 0.1) is 5.92 Å². The van der Waals surface area contributed by atoms with Gasteiger partial charge < -0.3 is 5.32 Å². The number of benzene rings is 1. The molecule has 1 unspecified atom stereocenters. The lowest BCUT2D eigenvalue weighted by Gasteiger charge is -2.15. The molecular weight excluding hydrogens is 386 g/mol. The maximum Gasteiger partial charge on any atom is 0.232 e. The summed E-state index contributed by atoms with van der Waals surface area (Å²) in [5, 5.41) is 7.11. The molecule has 3 aromatic rings. The van der Waals surface area contributed by atoms with Crippen LogP contribution in [-0.2, 0) is 24.1 Å². The molecule has 0 fully saturated rings. The number of halogens is 1. The highest BCUT2D eigenvalue weighted by molar-refractivity contribution is 7.16. The van der Waals surface area contributed by atoms with Crippen LogP contribution in [-0.4, -0.2) is 15.9 Å². The molecule has 0 aliphatic heterocycles. The monoisotopic (exact) mass is 403 g/mol. The fourth-order valence-corrected chi connectivity index (χ4v) is 5.26. The number of aryl methyl sites for hydroxylation is 1. The Morgan fingerprint density at radius 3 is 3.12 bits per heavy atom. The number of fused-ring (bicyclic) bond motifs is 1. The Balaban J connectivity index is 1.41. The van der Waals surface area contributed by atoms with Gasteiger partial charge in [0.15, 0.2) is 5.13 Å². The van der Waals surface area contributed by atoms with Crippen molar-refractivity contribution in [3.63, 3.8) is 0 Å². The Kier molecular flexibility index (Phi) is 5.07. The zero-order valence-corrected chi connectivity index (χ0v) is 16.7. The van der Waals surface area contributed by atoms with Crippen LogP contribution in [0.5, 0.6) is 0 Å². The minimum atomic E-state index is -0.0768. The second-order valence-electron chi connectivity index (χ2n) is 6.62. The molecule has 0 spiro atoms. The van der Waals surface area contributed by atoms with Crippen LogP contribution < -0.4 is 5.32 Å². The standard InChI is InChI=1S/C19H18ClN3OS2/c1-11-5-6-15-16(7-11)26-19(22-15)23-17(24)9-14-10-25-18(21-14)12-3-2-4-13(20)8-12/h2-4,8,10-11H,5-7,9H2,1H3,(H,22,23,24). The van der Waals surface area contributed by atoms with Crippen molar-refractivity contribution < 1.29 is 4.79 Å². The Hall–Kier alpha value is -1.76. The van der Waals surface area contributed by atoms with E-state index in [9.17, 15) is 4.79 Å². The Morgan fingerprint density at radius 2 is 2.27 bits per heavy atom. The molecule has 26 heavy (non-hydrogen) atoms. The topological polar surface area (TPSA) is 54.9 Å². The second-order valence-corrected chi connectivity index (χ2v) is 8.99. The highest BCUT2D eigenvalue weighted by Crippen LogP contribution is 2.32. The quantitative estimate of drug-likeness (QED) is 0.649. The maximum absolute atomic E-state index is 12.4. The lowest BCUT2D eigenvalue weighted by Crippen LogP contribution is -2.14. The van der Waals surface area contributed by atoms with E-state index in [1.54, 1.807) is 11.3 Å². The van der Waals surface area contributed by atoms with Crippen molar-refractivity contribution in [2.75, 3.05) is 5.32 Å². The summed E-state index contributed by atoms with van der Waals surface area (Å²) >= 11 is 9.16. The minimum absolute atomic E-state index is 0.0768. The smallest absolute Gasteiger partial charge is 0.232 e. The molecule has 2 aromatic heterocycles. The van der Waals surface area contributed by atoms with Gasteiger partial charge in [0.05, 0.1) is 17.8 Å². The fraction of sp³-hybridized carbons (Fsp3) is 0.316. The number of nitrogens with zero attached hydrogens (tertiary/aromatic N) is 2. The maximum atomic E-state index is 12.4. The third-order valence-electron chi connectivity index (χ3n) is 4.40. The van der Waals surface area contributed by atoms with Crippen LogP contribution in [0.15, 0.2) is 29.6 Å². The van der Waals surface area contributed by atoms with Gasteiger partial charge in [-0.15, -0.1) is 22.7 Å². The largest absolute Gasteiger partial charge is 0.302 e. The van der Waals surface area contributed by atoms with Crippen molar-refractivity contribution in [2.45, 2.75) is 32.6 Å². The highest BCUT2D eigenvalue weighted by Gasteiger charge is 2.20. The first-order chi connectivity index (χ1) is 12.6. The molecule has 1 atom stereocenters. The van der Waals surface area contributed by atoms with E-state index in [-0.39, 0.29) is 12.3 Å². The number of nitrogens with one attached hydrogen (secondary N) is 1. The Morgan fingerprint density at radius 1 is 1.38 bits per heavy atom. The molecule has 0 saturated carbocycles. The predicted molar refractivity (Wildman–Crippen MR) is 108 cm³/mol. The van der Waals surface area contributed by atoms with E-state index in [1.165, 1.54) is 22.6 Å². The Labute approximate surface area is 165 Å². The summed E-state index contributed by atoms with van der Waals surface area (Å²) in [5.41, 5.74) is 2.88. The summed E-state index contributed by atoms with van der Waals surface area (Å²) in [7, 11) is 0. The number of aromatic nitrogens is 2. The van der Waals surface area contributed by atoms with E-state index < -0.39 is 0 Å². The van der Waals surface area contributed by atoms with Crippen LogP contribution in [0.25, 0.3) is 10.6 Å². The summed E-state index contributed by atoms with van der Waals surface area (Å²) in [5.74, 6) is 0.624. The van der Waals surface area contributed by atoms with Crippen LogP contribution in [0.1, 0.15) is 29.6 Å². The summed E-state index contributed by atoms with van der Waals surface area (Å²) < 4.78 is 0. The summed E-state index contributed by atoms with van der Waals surface area (Å²) in [6, 6.07) is 7.58. The van der Waals surface area contributed by atoms with Crippen molar-refractivity contribution in [2.24, 2.45) is 5.92 Å². The third kappa shape index (κ3) is 3.98. The van der Waals surface area contributed by atoms with E-state index in [0.29, 0.717) is 16.1 Å². The average Bonchev–Trinajstić information content (AvgIpc) is 3.20. The molecule has 0 bridgehead atoms.